The van der Waals surface area contributed by atoms with E-state index in [0.717, 1.165) is 12.8 Å². The second-order valence-electron chi connectivity index (χ2n) is 10.3. The lowest BCUT2D eigenvalue weighted by molar-refractivity contribution is -0.357. The van der Waals surface area contributed by atoms with Crippen LogP contribution in [0.15, 0.2) is 12.7 Å². The molecule has 2 N–H and O–H groups in total. The summed E-state index contributed by atoms with van der Waals surface area (Å²) in [7, 11) is 0. The van der Waals surface area contributed by atoms with Crippen molar-refractivity contribution >= 4 is 11.8 Å². The quantitative estimate of drug-likeness (QED) is 0.552. The fourth-order valence-electron chi connectivity index (χ4n) is 6.77. The SMILES string of the molecule is C=C[C@@]1(C)CC(=O)C2(O)[C@@]3(C)CCCC(C)(C)C3C(O)[C@H](OC(C)=O)[C@@]2(C)O1. The van der Waals surface area contributed by atoms with Gasteiger partial charge in [-0.25, -0.2) is 0 Å². The van der Waals surface area contributed by atoms with Crippen molar-refractivity contribution < 1.29 is 29.3 Å². The maximum atomic E-state index is 13.5. The monoisotopic (exact) mass is 394 g/mol. The number of ketones is 1. The van der Waals surface area contributed by atoms with Gasteiger partial charge in [-0.2, -0.15) is 0 Å². The molecule has 0 amide bonds. The summed E-state index contributed by atoms with van der Waals surface area (Å²) in [5, 5.41) is 23.6. The van der Waals surface area contributed by atoms with E-state index in [1.165, 1.54) is 13.0 Å². The van der Waals surface area contributed by atoms with Gasteiger partial charge in [-0.15, -0.1) is 6.58 Å². The molecule has 158 valence electrons. The number of carbonyl (C=O) groups is 2. The second-order valence-corrected chi connectivity index (χ2v) is 10.3. The number of Topliss-reactive ketones (excluding diaryl/α,β-unsaturated/α-hetero) is 1. The number of aliphatic hydroxyl groups excluding tert-OH is 1. The van der Waals surface area contributed by atoms with Crippen molar-refractivity contribution in [1.29, 1.82) is 0 Å². The first-order valence-corrected chi connectivity index (χ1v) is 10.1. The molecule has 0 bridgehead atoms. The summed E-state index contributed by atoms with van der Waals surface area (Å²) < 4.78 is 11.9. The molecule has 0 spiro atoms. The molecule has 2 saturated carbocycles. The Labute approximate surface area is 167 Å². The largest absolute Gasteiger partial charge is 0.457 e. The predicted molar refractivity (Wildman–Crippen MR) is 103 cm³/mol. The average molecular weight is 395 g/mol. The molecule has 3 rings (SSSR count). The van der Waals surface area contributed by atoms with E-state index >= 15 is 0 Å². The number of fused-ring (bicyclic) bond motifs is 3. The van der Waals surface area contributed by atoms with Crippen LogP contribution in [-0.2, 0) is 19.1 Å². The minimum absolute atomic E-state index is 0.0196. The minimum atomic E-state index is -1.90. The first-order valence-electron chi connectivity index (χ1n) is 10.1. The van der Waals surface area contributed by atoms with Crippen LogP contribution in [0.4, 0.5) is 0 Å². The fraction of sp³-hybridized carbons (Fsp3) is 0.818. The Hall–Kier alpha value is -1.24. The zero-order valence-corrected chi connectivity index (χ0v) is 17.9. The van der Waals surface area contributed by atoms with Crippen molar-refractivity contribution in [2.24, 2.45) is 16.7 Å². The number of ether oxygens (including phenoxy) is 2. The summed E-state index contributed by atoms with van der Waals surface area (Å²) in [5.41, 5.74) is -5.79. The molecule has 0 aromatic rings. The third kappa shape index (κ3) is 2.50. The molecular weight excluding hydrogens is 360 g/mol. The van der Waals surface area contributed by atoms with E-state index in [2.05, 4.69) is 6.58 Å². The van der Waals surface area contributed by atoms with E-state index in [1.807, 2.05) is 20.8 Å². The van der Waals surface area contributed by atoms with Crippen molar-refractivity contribution in [1.82, 2.24) is 0 Å². The van der Waals surface area contributed by atoms with Gasteiger partial charge >= 0.3 is 5.97 Å². The highest BCUT2D eigenvalue weighted by Crippen LogP contribution is 2.66. The predicted octanol–water partition coefficient (Wildman–Crippen LogP) is 2.55. The van der Waals surface area contributed by atoms with Gasteiger partial charge in [0.25, 0.3) is 0 Å². The van der Waals surface area contributed by atoms with Crippen LogP contribution in [0.5, 0.6) is 0 Å². The number of aliphatic hydroxyl groups is 2. The third-order valence-corrected chi connectivity index (χ3v) is 7.87. The number of hydrogen-bond donors (Lipinski definition) is 2. The molecule has 3 fully saturated rings. The second kappa shape index (κ2) is 6.13. The molecule has 1 aliphatic heterocycles. The Morgan fingerprint density at radius 1 is 1.25 bits per heavy atom. The Morgan fingerprint density at radius 3 is 2.39 bits per heavy atom. The highest BCUT2D eigenvalue weighted by molar-refractivity contribution is 5.92. The van der Waals surface area contributed by atoms with Crippen molar-refractivity contribution in [3.05, 3.63) is 12.7 Å². The standard InChI is InChI=1S/C22H34O6/c1-8-19(5)12-14(24)22(26)20(6)11-9-10-18(3,4)16(20)15(25)17(27-13(2)23)21(22,7)28-19/h8,15-17,25-26H,1,9-12H2,2-7H3/t15?,16?,17-,19-,20-,21+,22?/m0/s1. The summed E-state index contributed by atoms with van der Waals surface area (Å²) in [6, 6.07) is 0. The molecule has 0 radical (unpaired) electrons. The fourth-order valence-corrected chi connectivity index (χ4v) is 6.77. The minimum Gasteiger partial charge on any atom is -0.457 e. The van der Waals surface area contributed by atoms with Crippen molar-refractivity contribution in [2.75, 3.05) is 0 Å². The summed E-state index contributed by atoms with van der Waals surface area (Å²) in [5.74, 6) is -1.37. The van der Waals surface area contributed by atoms with Crippen LogP contribution in [0.1, 0.15) is 67.2 Å². The number of carbonyl (C=O) groups excluding carboxylic acids is 2. The van der Waals surface area contributed by atoms with Crippen molar-refractivity contribution in [3.63, 3.8) is 0 Å². The lowest BCUT2D eigenvalue weighted by Gasteiger charge is -2.70. The van der Waals surface area contributed by atoms with Gasteiger partial charge in [-0.05, 0) is 32.1 Å². The highest BCUT2D eigenvalue weighted by atomic mass is 16.6. The van der Waals surface area contributed by atoms with Gasteiger partial charge in [0.15, 0.2) is 17.5 Å². The zero-order valence-electron chi connectivity index (χ0n) is 17.9. The summed E-state index contributed by atoms with van der Waals surface area (Å²) in [6.07, 6.45) is 1.53. The Balaban J connectivity index is 2.28. The molecule has 28 heavy (non-hydrogen) atoms. The molecule has 3 aliphatic rings. The molecule has 0 aromatic carbocycles. The number of esters is 1. The van der Waals surface area contributed by atoms with E-state index in [-0.39, 0.29) is 17.6 Å². The van der Waals surface area contributed by atoms with E-state index in [0.29, 0.717) is 6.42 Å². The van der Waals surface area contributed by atoms with E-state index in [9.17, 15) is 19.8 Å². The average Bonchev–Trinajstić information content (AvgIpc) is 2.55. The van der Waals surface area contributed by atoms with Crippen LogP contribution in [-0.4, -0.2) is 51.0 Å². The smallest absolute Gasteiger partial charge is 0.303 e. The molecular formula is C22H34O6. The number of hydrogen-bond acceptors (Lipinski definition) is 6. The van der Waals surface area contributed by atoms with Gasteiger partial charge in [-0.3, -0.25) is 9.59 Å². The van der Waals surface area contributed by atoms with Crippen LogP contribution in [0.25, 0.3) is 0 Å². The summed E-state index contributed by atoms with van der Waals surface area (Å²) in [6.45, 7) is 14.3. The van der Waals surface area contributed by atoms with E-state index in [1.54, 1.807) is 13.8 Å². The highest BCUT2D eigenvalue weighted by Gasteiger charge is 2.79. The Morgan fingerprint density at radius 2 is 1.86 bits per heavy atom. The lowest BCUT2D eigenvalue weighted by Crippen LogP contribution is -2.84. The maximum Gasteiger partial charge on any atom is 0.303 e. The van der Waals surface area contributed by atoms with Crippen LogP contribution >= 0.6 is 0 Å². The zero-order chi connectivity index (χ0) is 21.3. The first kappa shape index (κ1) is 21.5. The maximum absolute atomic E-state index is 13.5. The normalized spacial score (nSPS) is 50.3. The van der Waals surface area contributed by atoms with Gasteiger partial charge in [0.2, 0.25) is 0 Å². The van der Waals surface area contributed by atoms with Crippen molar-refractivity contribution in [3.8, 4) is 0 Å². The van der Waals surface area contributed by atoms with Crippen LogP contribution in [0.2, 0.25) is 0 Å². The molecule has 3 unspecified atom stereocenters. The molecule has 7 atom stereocenters. The molecule has 1 heterocycles. The van der Waals surface area contributed by atoms with Crippen LogP contribution in [0.3, 0.4) is 0 Å². The topological polar surface area (TPSA) is 93.1 Å². The van der Waals surface area contributed by atoms with Gasteiger partial charge in [0.05, 0.1) is 11.7 Å². The Bertz CT molecular complexity index is 716. The van der Waals surface area contributed by atoms with Crippen molar-refractivity contribution in [2.45, 2.75) is 96.2 Å². The van der Waals surface area contributed by atoms with Crippen LogP contribution in [0, 0.1) is 16.7 Å². The third-order valence-electron chi connectivity index (χ3n) is 7.87. The van der Waals surface area contributed by atoms with Gasteiger partial charge in [0, 0.05) is 24.7 Å². The van der Waals surface area contributed by atoms with E-state index in [4.69, 9.17) is 9.47 Å². The molecule has 2 aliphatic carbocycles. The van der Waals surface area contributed by atoms with E-state index < -0.39 is 46.3 Å². The van der Waals surface area contributed by atoms with Gasteiger partial charge in [0.1, 0.15) is 5.60 Å². The lowest BCUT2D eigenvalue weighted by atomic mass is 9.40. The number of rotatable bonds is 2. The first-order chi connectivity index (χ1) is 12.7. The van der Waals surface area contributed by atoms with Crippen LogP contribution < -0.4 is 0 Å². The summed E-state index contributed by atoms with van der Waals surface area (Å²) in [4.78, 5) is 25.5. The van der Waals surface area contributed by atoms with Gasteiger partial charge < -0.3 is 19.7 Å². The summed E-state index contributed by atoms with van der Waals surface area (Å²) >= 11 is 0. The molecule has 6 nitrogen and oxygen atoms in total. The molecule has 0 aromatic heterocycles. The Kier molecular flexibility index (Phi) is 4.70. The molecule has 1 saturated heterocycles. The molecule has 6 heteroatoms. The van der Waals surface area contributed by atoms with Gasteiger partial charge in [-0.1, -0.05) is 33.3 Å².